The summed E-state index contributed by atoms with van der Waals surface area (Å²) in [6.07, 6.45) is 0.846. The van der Waals surface area contributed by atoms with Crippen molar-refractivity contribution in [2.75, 3.05) is 19.3 Å². The van der Waals surface area contributed by atoms with E-state index in [4.69, 9.17) is 5.73 Å². The minimum atomic E-state index is -0.567. The van der Waals surface area contributed by atoms with Crippen LogP contribution in [0.15, 0.2) is 18.2 Å². The van der Waals surface area contributed by atoms with Crippen LogP contribution in [0.4, 0.5) is 11.4 Å². The lowest BCUT2D eigenvalue weighted by Gasteiger charge is -2.18. The first-order valence-electron chi connectivity index (χ1n) is 6.12. The number of nitro groups is 1. The van der Waals surface area contributed by atoms with E-state index in [1.165, 1.54) is 23.1 Å². The molecule has 2 N–H and O–H groups in total. The monoisotopic (exact) mass is 265 g/mol. The molecule has 0 aliphatic rings. The molecule has 0 bridgehead atoms. The Kier molecular flexibility index (Phi) is 4.86. The first-order valence-corrected chi connectivity index (χ1v) is 6.12. The molecule has 1 aromatic rings. The Hall–Kier alpha value is -2.11. The fraction of sp³-hybridized carbons (Fsp3) is 0.462. The van der Waals surface area contributed by atoms with Crippen LogP contribution in [-0.2, 0) is 0 Å². The molecule has 0 aliphatic heterocycles. The number of nitrogens with zero attached hydrogens (tertiary/aromatic N) is 2. The predicted molar refractivity (Wildman–Crippen MR) is 73.9 cm³/mol. The molecular weight excluding hydrogens is 246 g/mol. The van der Waals surface area contributed by atoms with Crippen LogP contribution in [-0.4, -0.2) is 29.3 Å². The van der Waals surface area contributed by atoms with Gasteiger partial charge in [-0.15, -0.1) is 0 Å². The molecule has 19 heavy (non-hydrogen) atoms. The Balaban J connectivity index is 2.98. The van der Waals surface area contributed by atoms with Gasteiger partial charge in [0, 0.05) is 25.3 Å². The van der Waals surface area contributed by atoms with E-state index in [9.17, 15) is 14.9 Å². The zero-order valence-corrected chi connectivity index (χ0v) is 11.4. The number of nitrogens with two attached hydrogens (primary N) is 1. The van der Waals surface area contributed by atoms with Crippen LogP contribution in [0.25, 0.3) is 0 Å². The lowest BCUT2D eigenvalue weighted by molar-refractivity contribution is -0.385. The maximum atomic E-state index is 12.2. The van der Waals surface area contributed by atoms with Crippen LogP contribution in [0.2, 0.25) is 0 Å². The molecule has 0 radical (unpaired) electrons. The van der Waals surface area contributed by atoms with Gasteiger partial charge in [0.15, 0.2) is 0 Å². The molecule has 0 atom stereocenters. The maximum absolute atomic E-state index is 12.2. The number of carbonyl (C=O) groups is 1. The fourth-order valence-corrected chi connectivity index (χ4v) is 1.64. The summed E-state index contributed by atoms with van der Waals surface area (Å²) in [7, 11) is 1.64. The molecule has 0 aromatic heterocycles. The predicted octanol–water partition coefficient (Wildman–Crippen LogP) is 2.30. The van der Waals surface area contributed by atoms with Gasteiger partial charge in [-0.1, -0.05) is 13.8 Å². The van der Waals surface area contributed by atoms with Crippen molar-refractivity contribution in [3.63, 3.8) is 0 Å². The second-order valence-electron chi connectivity index (χ2n) is 4.94. The molecule has 0 fully saturated rings. The van der Waals surface area contributed by atoms with Gasteiger partial charge in [0.1, 0.15) is 5.56 Å². The average molecular weight is 265 g/mol. The standard InChI is InChI=1S/C13H19N3O3/c1-9(2)6-7-15(3)13(17)11-8-10(14)4-5-12(11)16(18)19/h4-5,8-9H,6-7,14H2,1-3H3. The van der Waals surface area contributed by atoms with Crippen molar-refractivity contribution in [1.82, 2.24) is 4.90 Å². The Morgan fingerprint density at radius 3 is 2.63 bits per heavy atom. The topological polar surface area (TPSA) is 89.5 Å². The van der Waals surface area contributed by atoms with E-state index in [2.05, 4.69) is 13.8 Å². The van der Waals surface area contributed by atoms with Gasteiger partial charge in [0.2, 0.25) is 0 Å². The average Bonchev–Trinajstić information content (AvgIpc) is 2.34. The SMILES string of the molecule is CC(C)CCN(C)C(=O)c1cc(N)ccc1[N+](=O)[O-]. The summed E-state index contributed by atoms with van der Waals surface area (Å²) in [6, 6.07) is 4.04. The Bertz CT molecular complexity index is 486. The molecule has 104 valence electrons. The van der Waals surface area contributed by atoms with E-state index in [0.717, 1.165) is 6.42 Å². The normalized spacial score (nSPS) is 10.5. The molecule has 0 aliphatic carbocycles. The fourth-order valence-electron chi connectivity index (χ4n) is 1.64. The molecule has 0 unspecified atom stereocenters. The smallest absolute Gasteiger partial charge is 0.282 e. The number of anilines is 1. The molecule has 0 heterocycles. The van der Waals surface area contributed by atoms with Crippen molar-refractivity contribution in [3.05, 3.63) is 33.9 Å². The highest BCUT2D eigenvalue weighted by molar-refractivity contribution is 5.98. The van der Waals surface area contributed by atoms with Crippen LogP contribution >= 0.6 is 0 Å². The van der Waals surface area contributed by atoms with Crippen LogP contribution in [0.5, 0.6) is 0 Å². The third-order valence-corrected chi connectivity index (χ3v) is 2.84. The Morgan fingerprint density at radius 2 is 2.11 bits per heavy atom. The summed E-state index contributed by atoms with van der Waals surface area (Å²) >= 11 is 0. The number of carbonyl (C=O) groups excluding carboxylic acids is 1. The minimum absolute atomic E-state index is 0.0382. The summed E-state index contributed by atoms with van der Waals surface area (Å²) in [5.74, 6) is 0.0886. The number of benzene rings is 1. The van der Waals surface area contributed by atoms with Gasteiger partial charge in [0.05, 0.1) is 4.92 Å². The van der Waals surface area contributed by atoms with Gasteiger partial charge in [-0.2, -0.15) is 0 Å². The van der Waals surface area contributed by atoms with Crippen molar-refractivity contribution in [2.45, 2.75) is 20.3 Å². The van der Waals surface area contributed by atoms with Crippen LogP contribution in [0.1, 0.15) is 30.6 Å². The molecule has 0 spiro atoms. The number of nitrogen functional groups attached to an aromatic ring is 1. The van der Waals surface area contributed by atoms with Crippen molar-refractivity contribution >= 4 is 17.3 Å². The second kappa shape index (κ2) is 6.17. The molecule has 6 nitrogen and oxygen atoms in total. The zero-order chi connectivity index (χ0) is 14.6. The van der Waals surface area contributed by atoms with Gasteiger partial charge < -0.3 is 10.6 Å². The number of hydrogen-bond acceptors (Lipinski definition) is 4. The van der Waals surface area contributed by atoms with Crippen molar-refractivity contribution in [1.29, 1.82) is 0 Å². The van der Waals surface area contributed by atoms with Gasteiger partial charge >= 0.3 is 0 Å². The van der Waals surface area contributed by atoms with Crippen LogP contribution < -0.4 is 5.73 Å². The van der Waals surface area contributed by atoms with E-state index >= 15 is 0 Å². The third-order valence-electron chi connectivity index (χ3n) is 2.84. The van der Waals surface area contributed by atoms with Gasteiger partial charge in [-0.3, -0.25) is 14.9 Å². The van der Waals surface area contributed by atoms with Crippen molar-refractivity contribution in [2.24, 2.45) is 5.92 Å². The van der Waals surface area contributed by atoms with E-state index in [-0.39, 0.29) is 17.2 Å². The van der Waals surface area contributed by atoms with E-state index < -0.39 is 4.92 Å². The summed E-state index contributed by atoms with van der Waals surface area (Å²) in [6.45, 7) is 4.67. The number of amides is 1. The van der Waals surface area contributed by atoms with Crippen molar-refractivity contribution < 1.29 is 9.72 Å². The van der Waals surface area contributed by atoms with E-state index in [1.54, 1.807) is 7.05 Å². The minimum Gasteiger partial charge on any atom is -0.399 e. The van der Waals surface area contributed by atoms with Gasteiger partial charge in [-0.05, 0) is 24.5 Å². The highest BCUT2D eigenvalue weighted by atomic mass is 16.6. The molecule has 6 heteroatoms. The third kappa shape index (κ3) is 3.94. The van der Waals surface area contributed by atoms with Crippen LogP contribution in [0.3, 0.4) is 0 Å². The lowest BCUT2D eigenvalue weighted by atomic mass is 10.1. The van der Waals surface area contributed by atoms with Gasteiger partial charge in [0.25, 0.3) is 11.6 Å². The number of hydrogen-bond donors (Lipinski definition) is 1. The lowest BCUT2D eigenvalue weighted by Crippen LogP contribution is -2.29. The van der Waals surface area contributed by atoms with Gasteiger partial charge in [-0.25, -0.2) is 0 Å². The maximum Gasteiger partial charge on any atom is 0.282 e. The highest BCUT2D eigenvalue weighted by Crippen LogP contribution is 2.22. The molecule has 1 rings (SSSR count). The quantitative estimate of drug-likeness (QED) is 0.502. The molecule has 1 amide bonds. The first kappa shape index (κ1) is 14.9. The zero-order valence-electron chi connectivity index (χ0n) is 11.4. The largest absolute Gasteiger partial charge is 0.399 e. The van der Waals surface area contributed by atoms with E-state index in [0.29, 0.717) is 18.2 Å². The number of nitro benzene ring substituents is 1. The van der Waals surface area contributed by atoms with Crippen molar-refractivity contribution in [3.8, 4) is 0 Å². The molecular formula is C13H19N3O3. The van der Waals surface area contributed by atoms with Crippen LogP contribution in [0, 0.1) is 16.0 Å². The Labute approximate surface area is 112 Å². The Morgan fingerprint density at radius 1 is 1.47 bits per heavy atom. The first-order chi connectivity index (χ1) is 8.82. The summed E-state index contributed by atoms with van der Waals surface area (Å²) in [4.78, 5) is 24.0. The number of rotatable bonds is 5. The summed E-state index contributed by atoms with van der Waals surface area (Å²) in [5.41, 5.74) is 5.76. The molecule has 1 aromatic carbocycles. The second-order valence-corrected chi connectivity index (χ2v) is 4.94. The van der Waals surface area contributed by atoms with E-state index in [1.807, 2.05) is 0 Å². The molecule has 0 saturated heterocycles. The highest BCUT2D eigenvalue weighted by Gasteiger charge is 2.23. The summed E-state index contributed by atoms with van der Waals surface area (Å²) < 4.78 is 0. The molecule has 0 saturated carbocycles. The summed E-state index contributed by atoms with van der Waals surface area (Å²) in [5, 5.41) is 10.9.